The Kier molecular flexibility index (Phi) is 4.99. The number of hydrogen-bond donors (Lipinski definition) is 1. The van der Waals surface area contributed by atoms with E-state index in [1.54, 1.807) is 16.8 Å². The van der Waals surface area contributed by atoms with Gasteiger partial charge in [0.25, 0.3) is 12.0 Å². The molecule has 1 saturated heterocycles. The molecule has 0 bridgehead atoms. The minimum absolute atomic E-state index is 0.0468. The van der Waals surface area contributed by atoms with E-state index in [9.17, 15) is 18.4 Å². The number of rotatable bonds is 5. The third-order valence-corrected chi connectivity index (χ3v) is 5.64. The summed E-state index contributed by atoms with van der Waals surface area (Å²) in [6, 6.07) is 1.79. The van der Waals surface area contributed by atoms with Crippen LogP contribution in [0.4, 0.5) is 14.7 Å². The van der Waals surface area contributed by atoms with Crippen LogP contribution in [0, 0.1) is 12.8 Å². The first-order valence-corrected chi connectivity index (χ1v) is 9.63. The van der Waals surface area contributed by atoms with Crippen LogP contribution in [-0.4, -0.2) is 46.5 Å². The van der Waals surface area contributed by atoms with Gasteiger partial charge in [-0.15, -0.1) is 0 Å². The van der Waals surface area contributed by atoms with Gasteiger partial charge in [0, 0.05) is 36.8 Å². The average molecular weight is 391 g/mol. The second kappa shape index (κ2) is 7.44. The molecule has 9 heteroatoms. The maximum absolute atomic E-state index is 12.6. The normalized spacial score (nSPS) is 18.1. The van der Waals surface area contributed by atoms with E-state index in [4.69, 9.17) is 0 Å². The van der Waals surface area contributed by atoms with Gasteiger partial charge in [0.2, 0.25) is 11.9 Å². The van der Waals surface area contributed by atoms with Crippen molar-refractivity contribution >= 4 is 22.9 Å². The molecule has 7 nitrogen and oxygen atoms in total. The molecule has 1 aliphatic carbocycles. The summed E-state index contributed by atoms with van der Waals surface area (Å²) in [4.78, 5) is 35.4. The minimum atomic E-state index is -2.56. The molecule has 0 aromatic carbocycles. The third-order valence-electron chi connectivity index (χ3n) is 5.64. The van der Waals surface area contributed by atoms with E-state index in [0.717, 1.165) is 36.6 Å². The number of hydrogen-bond acceptors (Lipinski definition) is 5. The first-order chi connectivity index (χ1) is 13.4. The van der Waals surface area contributed by atoms with E-state index in [2.05, 4.69) is 15.3 Å². The quantitative estimate of drug-likeness (QED) is 0.844. The van der Waals surface area contributed by atoms with E-state index in [1.165, 1.54) is 0 Å². The van der Waals surface area contributed by atoms with E-state index >= 15 is 0 Å². The Bertz CT molecular complexity index is 949. The number of carbonyl (C=O) groups is 1. The molecule has 0 radical (unpaired) electrons. The van der Waals surface area contributed by atoms with Gasteiger partial charge in [0.15, 0.2) is 0 Å². The van der Waals surface area contributed by atoms with Crippen LogP contribution in [-0.2, 0) is 4.79 Å². The Morgan fingerprint density at radius 1 is 1.32 bits per heavy atom. The predicted molar refractivity (Wildman–Crippen MR) is 101 cm³/mol. The molecule has 1 N–H and O–H groups in total. The van der Waals surface area contributed by atoms with Crippen molar-refractivity contribution in [2.75, 3.05) is 24.5 Å². The number of alkyl halides is 2. The molecule has 4 rings (SSSR count). The number of nitrogens with one attached hydrogen (secondary N) is 1. The Labute approximate surface area is 160 Å². The minimum Gasteiger partial charge on any atom is -0.350 e. The topological polar surface area (TPSA) is 80.1 Å². The van der Waals surface area contributed by atoms with Crippen molar-refractivity contribution in [2.45, 2.75) is 45.1 Å². The molecule has 28 heavy (non-hydrogen) atoms. The zero-order valence-corrected chi connectivity index (χ0v) is 15.7. The zero-order valence-electron chi connectivity index (χ0n) is 15.7. The van der Waals surface area contributed by atoms with Crippen LogP contribution < -0.4 is 15.8 Å². The summed E-state index contributed by atoms with van der Waals surface area (Å²) < 4.78 is 26.2. The first-order valence-electron chi connectivity index (χ1n) is 9.63. The molecule has 3 heterocycles. The number of aromatic nitrogens is 3. The Balaban J connectivity index is 1.57. The number of halogens is 2. The van der Waals surface area contributed by atoms with E-state index in [0.29, 0.717) is 24.7 Å². The third kappa shape index (κ3) is 3.45. The first kappa shape index (κ1) is 18.8. The van der Waals surface area contributed by atoms with Gasteiger partial charge in [-0.3, -0.25) is 14.2 Å². The highest BCUT2D eigenvalue weighted by atomic mass is 19.3. The summed E-state index contributed by atoms with van der Waals surface area (Å²) in [5.74, 6) is -0.272. The lowest BCUT2D eigenvalue weighted by molar-refractivity contribution is -0.126. The average Bonchev–Trinajstić information content (AvgIpc) is 3.12. The highest BCUT2D eigenvalue weighted by Crippen LogP contribution is 2.31. The lowest BCUT2D eigenvalue weighted by Crippen LogP contribution is -2.54. The fourth-order valence-corrected chi connectivity index (χ4v) is 4.06. The van der Waals surface area contributed by atoms with E-state index in [-0.39, 0.29) is 23.4 Å². The highest BCUT2D eigenvalue weighted by Gasteiger charge is 2.34. The van der Waals surface area contributed by atoms with Crippen molar-refractivity contribution < 1.29 is 13.6 Å². The molecule has 2 fully saturated rings. The van der Waals surface area contributed by atoms with E-state index < -0.39 is 13.0 Å². The molecule has 0 unspecified atom stereocenters. The number of anilines is 1. The largest absolute Gasteiger partial charge is 0.350 e. The highest BCUT2D eigenvalue weighted by molar-refractivity contribution is 5.82. The van der Waals surface area contributed by atoms with Gasteiger partial charge >= 0.3 is 0 Å². The van der Waals surface area contributed by atoms with Crippen LogP contribution in [0.3, 0.4) is 0 Å². The predicted octanol–water partition coefficient (Wildman–Crippen LogP) is 2.03. The maximum Gasteiger partial charge on any atom is 0.255 e. The summed E-state index contributed by atoms with van der Waals surface area (Å²) in [5.41, 5.74) is 1.43. The summed E-state index contributed by atoms with van der Waals surface area (Å²) in [5, 5.41) is 3.09. The number of carbonyl (C=O) groups excluding carboxylic acids is 1. The molecule has 2 aliphatic rings. The summed E-state index contributed by atoms with van der Waals surface area (Å²) >= 11 is 0. The Morgan fingerprint density at radius 3 is 2.71 bits per heavy atom. The van der Waals surface area contributed by atoms with Crippen molar-refractivity contribution in [1.82, 2.24) is 19.9 Å². The Hall–Kier alpha value is -2.58. The van der Waals surface area contributed by atoms with Crippen LogP contribution in [0.2, 0.25) is 0 Å². The summed E-state index contributed by atoms with van der Waals surface area (Å²) in [7, 11) is 0. The van der Waals surface area contributed by atoms with Gasteiger partial charge < -0.3 is 10.2 Å². The van der Waals surface area contributed by atoms with Gasteiger partial charge in [-0.1, -0.05) is 12.8 Å². The lowest BCUT2D eigenvalue weighted by atomic mass is 10.00. The molecule has 2 aromatic heterocycles. The second-order valence-electron chi connectivity index (χ2n) is 7.62. The van der Waals surface area contributed by atoms with Gasteiger partial charge in [0.1, 0.15) is 5.65 Å². The van der Waals surface area contributed by atoms with Crippen molar-refractivity contribution in [3.8, 4) is 0 Å². The molecule has 0 atom stereocenters. The van der Waals surface area contributed by atoms with Crippen LogP contribution in [0.5, 0.6) is 0 Å². The van der Waals surface area contributed by atoms with Crippen LogP contribution >= 0.6 is 0 Å². The van der Waals surface area contributed by atoms with Gasteiger partial charge in [-0.05, 0) is 25.3 Å². The second-order valence-corrected chi connectivity index (χ2v) is 7.62. The molecule has 1 saturated carbocycles. The number of nitrogens with zero attached hydrogens (tertiary/aromatic N) is 4. The van der Waals surface area contributed by atoms with Gasteiger partial charge in [-0.2, -0.15) is 4.98 Å². The van der Waals surface area contributed by atoms with Gasteiger partial charge in [0.05, 0.1) is 12.5 Å². The summed E-state index contributed by atoms with van der Waals surface area (Å²) in [6.45, 7) is 1.99. The molecule has 1 aliphatic heterocycles. The van der Waals surface area contributed by atoms with Crippen molar-refractivity contribution in [3.05, 3.63) is 28.2 Å². The summed E-state index contributed by atoms with van der Waals surface area (Å²) in [6.07, 6.45) is 3.31. The molecular formula is C19H23F2N5O2. The number of aryl methyl sites for hydroxylation is 1. The van der Waals surface area contributed by atoms with Crippen LogP contribution in [0.15, 0.2) is 17.1 Å². The molecule has 2 aromatic rings. The van der Waals surface area contributed by atoms with Crippen molar-refractivity contribution in [2.24, 2.45) is 5.92 Å². The fourth-order valence-electron chi connectivity index (χ4n) is 4.06. The Morgan fingerprint density at radius 2 is 2.04 bits per heavy atom. The monoisotopic (exact) mass is 391 g/mol. The maximum atomic E-state index is 12.6. The molecule has 150 valence electrons. The van der Waals surface area contributed by atoms with Crippen LogP contribution in [0.1, 0.15) is 37.3 Å². The number of fused-ring (bicyclic) bond motifs is 1. The zero-order chi connectivity index (χ0) is 19.8. The number of amides is 1. The molecular weight excluding hydrogens is 368 g/mol. The van der Waals surface area contributed by atoms with E-state index in [1.807, 2.05) is 11.8 Å². The standard InChI is InChI=1S/C19H23F2N5O2/c1-11-6-16(27)26(13-4-2-3-5-13)17-14(11)7-23-19(24-17)25-9-12(10-25)18(28)22-8-15(20)21/h6-7,12-13,15H,2-5,8-10H2,1H3,(H,22,28). The van der Waals surface area contributed by atoms with Crippen molar-refractivity contribution in [1.29, 1.82) is 0 Å². The van der Waals surface area contributed by atoms with Gasteiger partial charge in [-0.25, -0.2) is 13.8 Å². The SMILES string of the molecule is Cc1cc(=O)n(C2CCCC2)c2nc(N3CC(C(=O)NCC(F)F)C3)ncc12. The smallest absolute Gasteiger partial charge is 0.255 e. The molecule has 0 spiro atoms. The fraction of sp³-hybridized carbons (Fsp3) is 0.579. The number of pyridine rings is 1. The lowest BCUT2D eigenvalue weighted by Gasteiger charge is -2.38. The van der Waals surface area contributed by atoms with Crippen molar-refractivity contribution in [3.63, 3.8) is 0 Å². The molecule has 1 amide bonds. The van der Waals surface area contributed by atoms with Crippen LogP contribution in [0.25, 0.3) is 11.0 Å².